The summed E-state index contributed by atoms with van der Waals surface area (Å²) in [6, 6.07) is -0.889. The van der Waals surface area contributed by atoms with E-state index in [1.165, 1.54) is 218 Å². The summed E-state index contributed by atoms with van der Waals surface area (Å²) in [5, 5.41) is 13.9. The second-order valence-corrected chi connectivity index (χ2v) is 25.2. The number of allylic oxidation sites excluding steroid dienone is 11. The maximum atomic E-state index is 13.0. The first kappa shape index (κ1) is 75.9. The Kier molecular flexibility index (Phi) is 58.0. The van der Waals surface area contributed by atoms with Gasteiger partial charge in [0.15, 0.2) is 0 Å². The maximum absolute atomic E-state index is 13.0. The predicted molar refractivity (Wildman–Crippen MR) is 339 cm³/mol. The molecule has 3 atom stereocenters. The molecule has 0 rings (SSSR count). The summed E-state index contributed by atoms with van der Waals surface area (Å²) in [5.41, 5.74) is 0. The minimum Gasteiger partial charge on any atom is -0.756 e. The van der Waals surface area contributed by atoms with Crippen molar-refractivity contribution in [2.45, 2.75) is 321 Å². The van der Waals surface area contributed by atoms with Crippen LogP contribution in [0.2, 0.25) is 0 Å². The highest BCUT2D eigenvalue weighted by Gasteiger charge is 2.23. The molecule has 0 heterocycles. The highest BCUT2D eigenvalue weighted by molar-refractivity contribution is 7.45. The van der Waals surface area contributed by atoms with E-state index in [2.05, 4.69) is 79.9 Å². The molecule has 0 bridgehead atoms. The first-order chi connectivity index (χ1) is 38.0. The molecule has 0 aromatic rings. The van der Waals surface area contributed by atoms with Gasteiger partial charge in [0, 0.05) is 6.42 Å². The molecule has 2 N–H and O–H groups in total. The summed E-state index contributed by atoms with van der Waals surface area (Å²) in [5.74, 6) is -0.194. The molecular formula is C69H129N2O6P. The summed E-state index contributed by atoms with van der Waals surface area (Å²) in [6.07, 6.45) is 82.9. The molecule has 9 heteroatoms. The van der Waals surface area contributed by atoms with E-state index in [0.29, 0.717) is 17.4 Å². The number of hydrogen-bond donors (Lipinski definition) is 2. The lowest BCUT2D eigenvalue weighted by Gasteiger charge is -2.29. The fourth-order valence-corrected chi connectivity index (χ4v) is 10.5. The second kappa shape index (κ2) is 59.6. The van der Waals surface area contributed by atoms with E-state index in [-0.39, 0.29) is 19.1 Å². The number of quaternary nitrogens is 1. The summed E-state index contributed by atoms with van der Waals surface area (Å²) >= 11 is 0. The molecule has 8 nitrogen and oxygen atoms in total. The van der Waals surface area contributed by atoms with E-state index in [1.807, 2.05) is 27.2 Å². The van der Waals surface area contributed by atoms with E-state index < -0.39 is 20.0 Å². The molecule has 0 saturated carbocycles. The SMILES string of the molecule is CC/C=C\C/C=C\C/C=C\C/C=C\C/C=C\CCCCCCCCCCCCCCCCCCCCCC(=O)NC(COP(=O)([O-])OCC[N+](C)(C)C)C(O)/C=C/CCCCCCCCCCCCCCCCCCCCC. The number of hydrogen-bond acceptors (Lipinski definition) is 6. The molecule has 0 radical (unpaired) electrons. The Labute approximate surface area is 484 Å². The lowest BCUT2D eigenvalue weighted by molar-refractivity contribution is -0.870. The van der Waals surface area contributed by atoms with Crippen molar-refractivity contribution in [1.82, 2.24) is 5.32 Å². The molecule has 0 aliphatic rings. The third-order valence-corrected chi connectivity index (χ3v) is 15.9. The van der Waals surface area contributed by atoms with Crippen LogP contribution in [0.1, 0.15) is 309 Å². The first-order valence-electron chi connectivity index (χ1n) is 33.3. The van der Waals surface area contributed by atoms with Crippen molar-refractivity contribution in [3.8, 4) is 0 Å². The van der Waals surface area contributed by atoms with Gasteiger partial charge in [-0.25, -0.2) is 0 Å². The Morgan fingerprint density at radius 2 is 0.782 bits per heavy atom. The van der Waals surface area contributed by atoms with Crippen LogP contribution < -0.4 is 10.2 Å². The number of phosphoric acid groups is 1. The van der Waals surface area contributed by atoms with Crippen LogP contribution in [0.5, 0.6) is 0 Å². The van der Waals surface area contributed by atoms with Gasteiger partial charge in [0.25, 0.3) is 7.82 Å². The third kappa shape index (κ3) is 61.6. The van der Waals surface area contributed by atoms with Crippen LogP contribution in [0.4, 0.5) is 0 Å². The number of likely N-dealkylation sites (N-methyl/N-ethyl adjacent to an activating group) is 1. The van der Waals surface area contributed by atoms with Crippen molar-refractivity contribution >= 4 is 13.7 Å². The topological polar surface area (TPSA) is 108 Å². The van der Waals surface area contributed by atoms with Crippen LogP contribution in [0, 0.1) is 0 Å². The van der Waals surface area contributed by atoms with Crippen LogP contribution in [0.3, 0.4) is 0 Å². The smallest absolute Gasteiger partial charge is 0.268 e. The molecule has 0 aromatic heterocycles. The van der Waals surface area contributed by atoms with Crippen molar-refractivity contribution in [2.24, 2.45) is 0 Å². The van der Waals surface area contributed by atoms with Crippen molar-refractivity contribution in [3.63, 3.8) is 0 Å². The van der Waals surface area contributed by atoms with Crippen LogP contribution in [0.15, 0.2) is 72.9 Å². The van der Waals surface area contributed by atoms with Gasteiger partial charge < -0.3 is 28.8 Å². The second-order valence-electron chi connectivity index (χ2n) is 23.8. The molecule has 0 aliphatic carbocycles. The highest BCUT2D eigenvalue weighted by Crippen LogP contribution is 2.38. The number of nitrogens with one attached hydrogen (secondary N) is 1. The van der Waals surface area contributed by atoms with Gasteiger partial charge in [-0.05, 0) is 64.2 Å². The minimum atomic E-state index is -4.60. The fraction of sp³-hybridized carbons (Fsp3) is 0.812. The predicted octanol–water partition coefficient (Wildman–Crippen LogP) is 20.4. The minimum absolute atomic E-state index is 0.000986. The molecule has 456 valence electrons. The van der Waals surface area contributed by atoms with Gasteiger partial charge in [-0.15, -0.1) is 0 Å². The number of aliphatic hydroxyl groups excluding tert-OH is 1. The Balaban J connectivity index is 4.04. The maximum Gasteiger partial charge on any atom is 0.268 e. The summed E-state index contributed by atoms with van der Waals surface area (Å²) in [4.78, 5) is 25.6. The van der Waals surface area contributed by atoms with Crippen LogP contribution in [0.25, 0.3) is 0 Å². The van der Waals surface area contributed by atoms with Crippen LogP contribution >= 0.6 is 7.82 Å². The Hall–Kier alpha value is -2.06. The zero-order valence-corrected chi connectivity index (χ0v) is 53.0. The number of rotatable bonds is 61. The van der Waals surface area contributed by atoms with E-state index >= 15 is 0 Å². The average molecular weight is 1110 g/mol. The van der Waals surface area contributed by atoms with E-state index in [9.17, 15) is 19.4 Å². The third-order valence-electron chi connectivity index (χ3n) is 14.9. The number of carbonyl (C=O) groups excluding carboxylic acids is 1. The van der Waals surface area contributed by atoms with Gasteiger partial charge in [0.05, 0.1) is 39.9 Å². The van der Waals surface area contributed by atoms with Crippen LogP contribution in [-0.4, -0.2) is 68.5 Å². The van der Waals surface area contributed by atoms with Gasteiger partial charge in [0.1, 0.15) is 13.2 Å². The zero-order chi connectivity index (χ0) is 57.0. The molecular weight excluding hydrogens is 984 g/mol. The number of aliphatic hydroxyl groups is 1. The summed E-state index contributed by atoms with van der Waals surface area (Å²) in [7, 11) is 1.27. The number of unbranched alkanes of at least 4 members (excludes halogenated alkanes) is 38. The number of carbonyl (C=O) groups is 1. The number of amides is 1. The molecule has 0 aromatic carbocycles. The highest BCUT2D eigenvalue weighted by atomic mass is 31.2. The first-order valence-corrected chi connectivity index (χ1v) is 34.8. The fourth-order valence-electron chi connectivity index (χ4n) is 9.77. The number of nitrogens with zero attached hydrogens (tertiary/aromatic N) is 1. The molecule has 0 saturated heterocycles. The molecule has 3 unspecified atom stereocenters. The molecule has 0 spiro atoms. The normalized spacial score (nSPS) is 14.2. The quantitative estimate of drug-likeness (QED) is 0.0272. The molecule has 0 fully saturated rings. The lowest BCUT2D eigenvalue weighted by atomic mass is 10.0. The molecule has 0 aliphatic heterocycles. The summed E-state index contributed by atoms with van der Waals surface area (Å²) < 4.78 is 23.4. The van der Waals surface area contributed by atoms with Gasteiger partial charge in [-0.3, -0.25) is 9.36 Å². The Bertz CT molecular complexity index is 1500. The van der Waals surface area contributed by atoms with Gasteiger partial charge in [-0.2, -0.15) is 0 Å². The van der Waals surface area contributed by atoms with Crippen molar-refractivity contribution in [1.29, 1.82) is 0 Å². The van der Waals surface area contributed by atoms with E-state index in [1.54, 1.807) is 6.08 Å². The lowest BCUT2D eigenvalue weighted by Crippen LogP contribution is -2.45. The monoisotopic (exact) mass is 1110 g/mol. The number of phosphoric ester groups is 1. The average Bonchev–Trinajstić information content (AvgIpc) is 3.41. The molecule has 78 heavy (non-hydrogen) atoms. The largest absolute Gasteiger partial charge is 0.756 e. The van der Waals surface area contributed by atoms with Gasteiger partial charge in [0.2, 0.25) is 5.91 Å². The van der Waals surface area contributed by atoms with E-state index in [0.717, 1.165) is 70.6 Å². The van der Waals surface area contributed by atoms with Crippen molar-refractivity contribution in [3.05, 3.63) is 72.9 Å². The standard InChI is InChI=1S/C69H129N2O6P/c1-6-8-10-12-14-16-18-20-22-24-26-28-29-30-31-32-33-34-35-36-37-38-39-40-41-43-45-47-49-51-53-55-57-59-61-63-69(73)70-67(66-77-78(74,75)76-65-64-71(3,4)5)68(72)62-60-58-56-54-52-50-48-46-44-42-27-25-23-21-19-17-15-13-11-9-7-2/h8,10,14,16,20,22,26,28,30-31,60,62,67-68,72H,6-7,9,11-13,15,17-19,21,23-25,27,29,32-59,61,63-66H2,1-5H3,(H-,70,73,74,75)/b10-8-,16-14-,22-20-,28-26-,31-30-,62-60+. The zero-order valence-electron chi connectivity index (χ0n) is 52.1. The Morgan fingerprint density at radius 1 is 0.462 bits per heavy atom. The van der Waals surface area contributed by atoms with Crippen molar-refractivity contribution < 1.29 is 32.9 Å². The van der Waals surface area contributed by atoms with E-state index in [4.69, 9.17) is 9.05 Å². The van der Waals surface area contributed by atoms with Gasteiger partial charge >= 0.3 is 0 Å². The van der Waals surface area contributed by atoms with Crippen molar-refractivity contribution in [2.75, 3.05) is 40.9 Å². The molecule has 1 amide bonds. The summed E-state index contributed by atoms with van der Waals surface area (Å²) in [6.45, 7) is 4.57. The van der Waals surface area contributed by atoms with Gasteiger partial charge in [-0.1, -0.05) is 311 Å². The Morgan fingerprint density at radius 3 is 1.14 bits per heavy atom. The van der Waals surface area contributed by atoms with Crippen LogP contribution in [-0.2, 0) is 18.4 Å².